The second-order valence-corrected chi connectivity index (χ2v) is 4.72. The molecule has 2 N–H and O–H groups in total. The number of hydrogen-bond donors (Lipinski definition) is 2. The molecule has 0 bridgehead atoms. The highest BCUT2D eigenvalue weighted by Gasteiger charge is 2.10. The molecule has 0 radical (unpaired) electrons. The number of hydrogen-bond acceptors (Lipinski definition) is 3. The molecule has 15 heavy (non-hydrogen) atoms. The van der Waals surface area contributed by atoms with Gasteiger partial charge in [0.1, 0.15) is 5.82 Å². The zero-order valence-corrected chi connectivity index (χ0v) is 9.82. The number of nitrogens with one attached hydrogen (secondary N) is 1. The Balaban J connectivity index is 2.50. The highest BCUT2D eigenvalue weighted by Crippen LogP contribution is 2.03. The van der Waals surface area contributed by atoms with Crippen LogP contribution in [0.5, 0.6) is 0 Å². The van der Waals surface area contributed by atoms with Crippen LogP contribution < -0.4 is 5.32 Å². The molecule has 0 atom stereocenters. The first-order valence-electron chi connectivity index (χ1n) is 5.39. The van der Waals surface area contributed by atoms with Gasteiger partial charge in [-0.2, -0.15) is 0 Å². The summed E-state index contributed by atoms with van der Waals surface area (Å²) in [4.78, 5) is 4.29. The molecule has 0 aliphatic rings. The summed E-state index contributed by atoms with van der Waals surface area (Å²) in [6.07, 6.45) is 4.53. The molecule has 0 aromatic carbocycles. The quantitative estimate of drug-likeness (QED) is 0.768. The van der Waals surface area contributed by atoms with Gasteiger partial charge in [0.2, 0.25) is 0 Å². The van der Waals surface area contributed by atoms with Crippen molar-refractivity contribution in [2.45, 2.75) is 45.8 Å². The predicted octanol–water partition coefficient (Wildman–Crippen LogP) is 1.15. The summed E-state index contributed by atoms with van der Waals surface area (Å²) in [7, 11) is 0. The Morgan fingerprint density at radius 1 is 1.47 bits per heavy atom. The molecular formula is C11H21N3O. The molecule has 0 fully saturated rings. The van der Waals surface area contributed by atoms with Crippen LogP contribution in [0.25, 0.3) is 0 Å². The van der Waals surface area contributed by atoms with E-state index in [0.717, 1.165) is 25.3 Å². The van der Waals surface area contributed by atoms with Crippen LogP contribution in [0.2, 0.25) is 0 Å². The molecule has 1 rings (SSSR count). The van der Waals surface area contributed by atoms with Crippen LogP contribution in [0.15, 0.2) is 12.4 Å². The Bertz CT molecular complexity index is 288. The van der Waals surface area contributed by atoms with Crippen molar-refractivity contribution in [1.29, 1.82) is 0 Å². The minimum atomic E-state index is 0.105. The van der Waals surface area contributed by atoms with E-state index in [1.807, 2.05) is 6.20 Å². The van der Waals surface area contributed by atoms with Crippen LogP contribution in [-0.4, -0.2) is 26.8 Å². The summed E-state index contributed by atoms with van der Waals surface area (Å²) in [5.41, 5.74) is 0.105. The van der Waals surface area contributed by atoms with E-state index >= 15 is 0 Å². The van der Waals surface area contributed by atoms with Gasteiger partial charge in [0.15, 0.2) is 0 Å². The van der Waals surface area contributed by atoms with E-state index in [0.29, 0.717) is 0 Å². The maximum Gasteiger partial charge on any atom is 0.122 e. The predicted molar refractivity (Wildman–Crippen MR) is 60.5 cm³/mol. The second kappa shape index (κ2) is 5.28. The second-order valence-electron chi connectivity index (χ2n) is 4.72. The van der Waals surface area contributed by atoms with Crippen molar-refractivity contribution in [3.63, 3.8) is 0 Å². The van der Waals surface area contributed by atoms with Crippen molar-refractivity contribution < 1.29 is 5.11 Å². The van der Waals surface area contributed by atoms with Crippen molar-refractivity contribution in [3.8, 4) is 0 Å². The standard InChI is InChI=1S/C11H21N3O/c1-11(2,3)13-9-10-12-5-7-14(10)6-4-8-15/h5,7,13,15H,4,6,8-9H2,1-3H3. The topological polar surface area (TPSA) is 50.1 Å². The maximum absolute atomic E-state index is 8.77. The van der Waals surface area contributed by atoms with Gasteiger partial charge in [0.25, 0.3) is 0 Å². The highest BCUT2D eigenvalue weighted by atomic mass is 16.3. The molecule has 4 heteroatoms. The summed E-state index contributed by atoms with van der Waals surface area (Å²) >= 11 is 0. The van der Waals surface area contributed by atoms with Gasteiger partial charge >= 0.3 is 0 Å². The minimum Gasteiger partial charge on any atom is -0.396 e. The summed E-state index contributed by atoms with van der Waals surface area (Å²) < 4.78 is 2.08. The van der Waals surface area contributed by atoms with Gasteiger partial charge in [0.05, 0.1) is 6.54 Å². The van der Waals surface area contributed by atoms with E-state index in [4.69, 9.17) is 5.11 Å². The normalized spacial score (nSPS) is 12.0. The number of imidazole rings is 1. The third-order valence-corrected chi connectivity index (χ3v) is 2.14. The summed E-state index contributed by atoms with van der Waals surface area (Å²) in [6, 6.07) is 0. The van der Waals surface area contributed by atoms with E-state index < -0.39 is 0 Å². The molecule has 0 unspecified atom stereocenters. The van der Waals surface area contributed by atoms with Crippen LogP contribution in [-0.2, 0) is 13.1 Å². The third kappa shape index (κ3) is 4.44. The molecule has 0 spiro atoms. The van der Waals surface area contributed by atoms with Gasteiger partial charge < -0.3 is 15.0 Å². The van der Waals surface area contributed by atoms with Crippen LogP contribution in [0.3, 0.4) is 0 Å². The van der Waals surface area contributed by atoms with E-state index in [1.54, 1.807) is 6.20 Å². The fraction of sp³-hybridized carbons (Fsp3) is 0.727. The third-order valence-electron chi connectivity index (χ3n) is 2.14. The van der Waals surface area contributed by atoms with Crippen LogP contribution in [0.4, 0.5) is 0 Å². The van der Waals surface area contributed by atoms with Crippen molar-refractivity contribution in [3.05, 3.63) is 18.2 Å². The largest absolute Gasteiger partial charge is 0.396 e. The van der Waals surface area contributed by atoms with Crippen molar-refractivity contribution in [1.82, 2.24) is 14.9 Å². The SMILES string of the molecule is CC(C)(C)NCc1nccn1CCCO. The zero-order chi connectivity index (χ0) is 11.3. The van der Waals surface area contributed by atoms with E-state index in [9.17, 15) is 0 Å². The molecule has 0 saturated carbocycles. The lowest BCUT2D eigenvalue weighted by Crippen LogP contribution is -2.35. The van der Waals surface area contributed by atoms with Gasteiger partial charge in [-0.25, -0.2) is 4.98 Å². The van der Waals surface area contributed by atoms with E-state index in [1.165, 1.54) is 0 Å². The van der Waals surface area contributed by atoms with Gasteiger partial charge in [-0.15, -0.1) is 0 Å². The summed E-state index contributed by atoms with van der Waals surface area (Å²) in [5, 5.41) is 12.2. The maximum atomic E-state index is 8.77. The molecule has 86 valence electrons. The lowest BCUT2D eigenvalue weighted by Gasteiger charge is -2.20. The zero-order valence-electron chi connectivity index (χ0n) is 9.82. The first-order chi connectivity index (χ1) is 7.03. The van der Waals surface area contributed by atoms with Gasteiger partial charge in [-0.1, -0.05) is 0 Å². The number of aryl methyl sites for hydroxylation is 1. The fourth-order valence-electron chi connectivity index (χ4n) is 1.30. The lowest BCUT2D eigenvalue weighted by atomic mass is 10.1. The Kier molecular flexibility index (Phi) is 4.29. The average Bonchev–Trinajstić information content (AvgIpc) is 2.57. The minimum absolute atomic E-state index is 0.105. The monoisotopic (exact) mass is 211 g/mol. The van der Waals surface area contributed by atoms with Crippen molar-refractivity contribution in [2.24, 2.45) is 0 Å². The summed E-state index contributed by atoms with van der Waals surface area (Å²) in [5.74, 6) is 1.03. The van der Waals surface area contributed by atoms with Crippen LogP contribution >= 0.6 is 0 Å². The Hall–Kier alpha value is -0.870. The fourth-order valence-corrected chi connectivity index (χ4v) is 1.30. The lowest BCUT2D eigenvalue weighted by molar-refractivity contribution is 0.278. The van der Waals surface area contributed by atoms with Gasteiger partial charge in [-0.05, 0) is 27.2 Å². The highest BCUT2D eigenvalue weighted by molar-refractivity contribution is 4.93. The average molecular weight is 211 g/mol. The Morgan fingerprint density at radius 3 is 2.80 bits per heavy atom. The van der Waals surface area contributed by atoms with Crippen LogP contribution in [0.1, 0.15) is 33.0 Å². The molecule has 4 nitrogen and oxygen atoms in total. The molecule has 0 saturated heterocycles. The molecule has 1 heterocycles. The summed E-state index contributed by atoms with van der Waals surface area (Å²) in [6.45, 7) is 8.22. The number of aromatic nitrogens is 2. The Morgan fingerprint density at radius 2 is 2.20 bits per heavy atom. The van der Waals surface area contributed by atoms with Crippen LogP contribution in [0, 0.1) is 0 Å². The first-order valence-corrected chi connectivity index (χ1v) is 5.39. The number of aliphatic hydroxyl groups is 1. The number of aliphatic hydroxyl groups excluding tert-OH is 1. The van der Waals surface area contributed by atoms with Gasteiger partial charge in [0, 0.05) is 31.1 Å². The molecular weight excluding hydrogens is 190 g/mol. The van der Waals surface area contributed by atoms with E-state index in [-0.39, 0.29) is 12.1 Å². The molecule has 1 aromatic rings. The molecule has 1 aromatic heterocycles. The van der Waals surface area contributed by atoms with Crippen molar-refractivity contribution >= 4 is 0 Å². The molecule has 0 amide bonds. The molecule has 0 aliphatic carbocycles. The smallest absolute Gasteiger partial charge is 0.122 e. The number of rotatable bonds is 5. The Labute approximate surface area is 91.3 Å². The molecule has 0 aliphatic heterocycles. The van der Waals surface area contributed by atoms with E-state index in [2.05, 4.69) is 35.6 Å². The van der Waals surface area contributed by atoms with Crippen molar-refractivity contribution in [2.75, 3.05) is 6.61 Å². The van der Waals surface area contributed by atoms with Gasteiger partial charge in [-0.3, -0.25) is 0 Å². The number of nitrogens with zero attached hydrogens (tertiary/aromatic N) is 2. The first kappa shape index (κ1) is 12.2.